The average Bonchev–Trinajstić information content (AvgIpc) is 3.73. The summed E-state index contributed by atoms with van der Waals surface area (Å²) in [4.78, 5) is 25.3. The number of hydrogen-bond acceptors (Lipinski definition) is 9. The number of nitrogens with zero attached hydrogens (tertiary/aromatic N) is 8. The number of phenols is 1. The third-order valence-electron chi connectivity index (χ3n) is 9.68. The first-order valence-electron chi connectivity index (χ1n) is 16.5. The summed E-state index contributed by atoms with van der Waals surface area (Å²) in [7, 11) is 0. The molecular formula is C33H52N8O. The van der Waals surface area contributed by atoms with E-state index in [4.69, 9.17) is 9.97 Å². The summed E-state index contributed by atoms with van der Waals surface area (Å²) in [6, 6.07) is 8.40. The van der Waals surface area contributed by atoms with Crippen molar-refractivity contribution in [1.29, 1.82) is 0 Å². The Morgan fingerprint density at radius 1 is 0.619 bits per heavy atom. The zero-order valence-corrected chi connectivity index (χ0v) is 26.3. The molecular weight excluding hydrogens is 524 g/mol. The third kappa shape index (κ3) is 7.12. The van der Waals surface area contributed by atoms with E-state index in [1.807, 2.05) is 6.07 Å². The summed E-state index contributed by atoms with van der Waals surface area (Å²) in [5.41, 5.74) is 2.29. The molecule has 0 atom stereocenters. The SMILES string of the molecule is CC(C)(C)c1cc(CN2CCN(CCN3CCN(c4cc(N5CCCC5)nc(N5CCCC5)n4)CC3)CC2)ccc1O. The number of benzene rings is 1. The summed E-state index contributed by atoms with van der Waals surface area (Å²) in [5, 5.41) is 10.3. The third-order valence-corrected chi connectivity index (χ3v) is 9.68. The molecule has 4 aliphatic rings. The smallest absolute Gasteiger partial charge is 0.229 e. The molecule has 230 valence electrons. The maximum Gasteiger partial charge on any atom is 0.229 e. The van der Waals surface area contributed by atoms with Crippen LogP contribution in [0.1, 0.15) is 57.6 Å². The number of aromatic hydroxyl groups is 1. The summed E-state index contributed by atoms with van der Waals surface area (Å²) < 4.78 is 0. The lowest BCUT2D eigenvalue weighted by atomic mass is 9.85. The molecule has 9 nitrogen and oxygen atoms in total. The van der Waals surface area contributed by atoms with Crippen LogP contribution in [-0.2, 0) is 12.0 Å². The van der Waals surface area contributed by atoms with E-state index in [1.54, 1.807) is 0 Å². The first kappa shape index (κ1) is 29.5. The van der Waals surface area contributed by atoms with Crippen LogP contribution < -0.4 is 14.7 Å². The van der Waals surface area contributed by atoms with Crippen LogP contribution in [0.2, 0.25) is 0 Å². The van der Waals surface area contributed by atoms with Gasteiger partial charge in [0.2, 0.25) is 5.95 Å². The van der Waals surface area contributed by atoms with Crippen LogP contribution in [0.15, 0.2) is 24.3 Å². The van der Waals surface area contributed by atoms with Crippen molar-refractivity contribution in [3.05, 3.63) is 35.4 Å². The maximum atomic E-state index is 10.3. The molecule has 0 amide bonds. The van der Waals surface area contributed by atoms with Crippen molar-refractivity contribution >= 4 is 17.6 Å². The van der Waals surface area contributed by atoms with Crippen molar-refractivity contribution in [3.63, 3.8) is 0 Å². The van der Waals surface area contributed by atoms with E-state index in [1.165, 1.54) is 31.2 Å². The van der Waals surface area contributed by atoms with Crippen LogP contribution in [0.25, 0.3) is 0 Å². The van der Waals surface area contributed by atoms with Gasteiger partial charge >= 0.3 is 0 Å². The molecule has 42 heavy (non-hydrogen) atoms. The van der Waals surface area contributed by atoms with E-state index in [0.717, 1.165) is 121 Å². The molecule has 0 aliphatic carbocycles. The molecule has 1 aromatic heterocycles. The van der Waals surface area contributed by atoms with Gasteiger partial charge in [0.1, 0.15) is 17.4 Å². The predicted octanol–water partition coefficient (Wildman–Crippen LogP) is 3.62. The van der Waals surface area contributed by atoms with Gasteiger partial charge < -0.3 is 19.8 Å². The van der Waals surface area contributed by atoms with Crippen molar-refractivity contribution in [1.82, 2.24) is 24.7 Å². The average molecular weight is 577 g/mol. The minimum Gasteiger partial charge on any atom is -0.508 e. The Bertz CT molecular complexity index is 1140. The Hall–Kier alpha value is -2.62. The standard InChI is InChI=1S/C33H52N8O/c1-33(2,3)28-24-27(8-9-29(28)42)26-38-18-16-36(17-19-38)14-15-37-20-22-40(23-21-37)31-25-30(39-10-4-5-11-39)34-32(35-31)41-12-6-7-13-41/h8-9,24-25,42H,4-7,10-23,26H2,1-3H3. The van der Waals surface area contributed by atoms with Gasteiger partial charge in [-0.1, -0.05) is 32.9 Å². The van der Waals surface area contributed by atoms with E-state index in [9.17, 15) is 5.11 Å². The number of hydrogen-bond donors (Lipinski definition) is 1. The fourth-order valence-electron chi connectivity index (χ4n) is 6.93. The van der Waals surface area contributed by atoms with Gasteiger partial charge in [0, 0.05) is 104 Å². The van der Waals surface area contributed by atoms with Gasteiger partial charge in [-0.2, -0.15) is 9.97 Å². The molecule has 0 bridgehead atoms. The summed E-state index contributed by atoms with van der Waals surface area (Å²) in [6.45, 7) is 22.9. The highest BCUT2D eigenvalue weighted by molar-refractivity contribution is 5.56. The van der Waals surface area contributed by atoms with Gasteiger partial charge in [-0.3, -0.25) is 14.7 Å². The van der Waals surface area contributed by atoms with Gasteiger partial charge in [-0.05, 0) is 48.3 Å². The topological polar surface area (TPSA) is 65.5 Å². The van der Waals surface area contributed by atoms with Crippen molar-refractivity contribution in [2.75, 3.05) is 106 Å². The summed E-state index contributed by atoms with van der Waals surface area (Å²) in [5.74, 6) is 3.59. The monoisotopic (exact) mass is 576 g/mol. The molecule has 0 spiro atoms. The van der Waals surface area contributed by atoms with Crippen LogP contribution in [0.4, 0.5) is 17.6 Å². The highest BCUT2D eigenvalue weighted by Gasteiger charge is 2.25. The number of anilines is 3. The molecule has 1 aromatic carbocycles. The van der Waals surface area contributed by atoms with Crippen molar-refractivity contribution in [2.45, 2.75) is 58.4 Å². The molecule has 9 heteroatoms. The Labute approximate surface area is 253 Å². The quantitative estimate of drug-likeness (QED) is 0.508. The Kier molecular flexibility index (Phi) is 9.07. The fraction of sp³-hybridized carbons (Fsp3) is 0.697. The minimum absolute atomic E-state index is 0.0494. The number of phenolic OH excluding ortho intramolecular Hbond substituents is 1. The van der Waals surface area contributed by atoms with Crippen molar-refractivity contribution < 1.29 is 5.11 Å². The second-order valence-electron chi connectivity index (χ2n) is 13.8. The van der Waals surface area contributed by atoms with Gasteiger partial charge in [0.05, 0.1) is 0 Å². The summed E-state index contributed by atoms with van der Waals surface area (Å²) in [6.07, 6.45) is 5.03. The van der Waals surface area contributed by atoms with E-state index >= 15 is 0 Å². The number of aromatic nitrogens is 2. The highest BCUT2D eigenvalue weighted by atomic mass is 16.3. The molecule has 4 aliphatic heterocycles. The van der Waals surface area contributed by atoms with Gasteiger partial charge in [-0.15, -0.1) is 0 Å². The van der Waals surface area contributed by atoms with Crippen LogP contribution in [0.3, 0.4) is 0 Å². The van der Waals surface area contributed by atoms with Crippen LogP contribution in [0.5, 0.6) is 5.75 Å². The van der Waals surface area contributed by atoms with E-state index in [-0.39, 0.29) is 5.41 Å². The lowest BCUT2D eigenvalue weighted by Crippen LogP contribution is -2.51. The fourth-order valence-corrected chi connectivity index (χ4v) is 6.93. The van der Waals surface area contributed by atoms with E-state index in [0.29, 0.717) is 5.75 Å². The molecule has 1 N–H and O–H groups in total. The van der Waals surface area contributed by atoms with Gasteiger partial charge in [-0.25, -0.2) is 0 Å². The molecule has 2 aromatic rings. The zero-order valence-electron chi connectivity index (χ0n) is 26.3. The van der Waals surface area contributed by atoms with E-state index in [2.05, 4.69) is 68.4 Å². The Morgan fingerprint density at radius 3 is 1.69 bits per heavy atom. The number of rotatable bonds is 8. The van der Waals surface area contributed by atoms with Crippen LogP contribution >= 0.6 is 0 Å². The maximum absolute atomic E-state index is 10.3. The van der Waals surface area contributed by atoms with Crippen LogP contribution in [-0.4, -0.2) is 121 Å². The van der Waals surface area contributed by atoms with Crippen LogP contribution in [0, 0.1) is 0 Å². The second kappa shape index (κ2) is 12.9. The Morgan fingerprint density at radius 2 is 1.12 bits per heavy atom. The lowest BCUT2D eigenvalue weighted by Gasteiger charge is -2.38. The molecule has 0 radical (unpaired) electrons. The zero-order chi connectivity index (χ0) is 29.1. The molecule has 4 fully saturated rings. The largest absolute Gasteiger partial charge is 0.508 e. The Balaban J connectivity index is 0.965. The van der Waals surface area contributed by atoms with Crippen molar-refractivity contribution in [2.24, 2.45) is 0 Å². The molecule has 0 unspecified atom stereocenters. The van der Waals surface area contributed by atoms with Crippen molar-refractivity contribution in [3.8, 4) is 5.75 Å². The molecule has 5 heterocycles. The second-order valence-corrected chi connectivity index (χ2v) is 13.8. The molecule has 0 saturated carbocycles. The normalized spacial score (nSPS) is 21.5. The predicted molar refractivity (Wildman–Crippen MR) is 172 cm³/mol. The number of piperazine rings is 2. The van der Waals surface area contributed by atoms with Gasteiger partial charge in [0.15, 0.2) is 0 Å². The summed E-state index contributed by atoms with van der Waals surface area (Å²) >= 11 is 0. The van der Waals surface area contributed by atoms with Gasteiger partial charge in [0.25, 0.3) is 0 Å². The molecule has 4 saturated heterocycles. The highest BCUT2D eigenvalue weighted by Crippen LogP contribution is 2.32. The molecule has 6 rings (SSSR count). The van der Waals surface area contributed by atoms with E-state index < -0.39 is 0 Å². The first-order chi connectivity index (χ1) is 20.3. The lowest BCUT2D eigenvalue weighted by molar-refractivity contribution is 0.113. The minimum atomic E-state index is -0.0494. The first-order valence-corrected chi connectivity index (χ1v) is 16.5.